The largest absolute Gasteiger partial charge is 0.480 e. The Labute approximate surface area is 333 Å². The number of hydrogen-bond acceptors (Lipinski definition) is 12. The first-order chi connectivity index (χ1) is 27.2. The second kappa shape index (κ2) is 19.5. The molecule has 6 heterocycles. The zero-order valence-electron chi connectivity index (χ0n) is 33.0. The number of carbonyl (C=O) groups is 5. The SMILES string of the molecule is CC(=O)NC(C(=O)O)C1(O)CN(C(=O)CCCCc2ccc3c(n2)NCCC3)C1.CC(=O)NC(C(=O)O)C1(O)CN(CCCCCc2ccc3c(n2)NCCC3)C1. The maximum absolute atomic E-state index is 12.3. The lowest BCUT2D eigenvalue weighted by Gasteiger charge is -2.49. The number of carboxylic acid groups (broad SMARTS) is 2. The van der Waals surface area contributed by atoms with Crippen LogP contribution >= 0.6 is 0 Å². The van der Waals surface area contributed by atoms with Crippen LogP contribution in [-0.4, -0.2) is 139 Å². The van der Waals surface area contributed by atoms with Crippen LogP contribution in [0, 0.1) is 0 Å². The van der Waals surface area contributed by atoms with Crippen molar-refractivity contribution in [1.29, 1.82) is 0 Å². The summed E-state index contributed by atoms with van der Waals surface area (Å²) in [4.78, 5) is 70.0. The number of pyridine rings is 2. The molecule has 0 aliphatic carbocycles. The number of likely N-dealkylation sites (tertiary alicyclic amines) is 2. The van der Waals surface area contributed by atoms with Crippen molar-refractivity contribution < 1.29 is 44.4 Å². The zero-order chi connectivity index (χ0) is 41.2. The lowest BCUT2D eigenvalue weighted by atomic mass is 9.85. The van der Waals surface area contributed by atoms with E-state index in [4.69, 9.17) is 4.98 Å². The molecule has 2 atom stereocenters. The van der Waals surface area contributed by atoms with Gasteiger partial charge in [-0.3, -0.25) is 19.3 Å². The number of rotatable bonds is 17. The van der Waals surface area contributed by atoms with Crippen LogP contribution in [0.3, 0.4) is 0 Å². The number of aromatic nitrogens is 2. The normalized spacial score (nSPS) is 18.6. The first-order valence-corrected chi connectivity index (χ1v) is 20.1. The lowest BCUT2D eigenvalue weighted by molar-refractivity contribution is -0.174. The molecule has 8 N–H and O–H groups in total. The monoisotopic (exact) mass is 794 g/mol. The van der Waals surface area contributed by atoms with E-state index in [1.54, 1.807) is 0 Å². The third-order valence-corrected chi connectivity index (χ3v) is 10.9. The fourth-order valence-corrected chi connectivity index (χ4v) is 7.88. The van der Waals surface area contributed by atoms with Crippen LogP contribution in [0.4, 0.5) is 11.6 Å². The molecule has 6 rings (SSSR count). The van der Waals surface area contributed by atoms with Crippen molar-refractivity contribution in [3.05, 3.63) is 46.8 Å². The molecule has 2 fully saturated rings. The van der Waals surface area contributed by atoms with E-state index in [0.717, 1.165) is 107 Å². The Balaban J connectivity index is 0.000000218. The van der Waals surface area contributed by atoms with Crippen molar-refractivity contribution in [2.24, 2.45) is 0 Å². The van der Waals surface area contributed by atoms with Gasteiger partial charge in [-0.25, -0.2) is 19.6 Å². The van der Waals surface area contributed by atoms with E-state index in [-0.39, 0.29) is 32.1 Å². The Hall–Kier alpha value is -4.87. The summed E-state index contributed by atoms with van der Waals surface area (Å²) >= 11 is 0. The van der Waals surface area contributed by atoms with Crippen molar-refractivity contribution in [1.82, 2.24) is 30.4 Å². The van der Waals surface area contributed by atoms with E-state index in [1.807, 2.05) is 11.0 Å². The van der Waals surface area contributed by atoms with Crippen LogP contribution in [0.25, 0.3) is 0 Å². The Kier molecular flexibility index (Phi) is 14.8. The first kappa shape index (κ1) is 43.3. The number of anilines is 2. The van der Waals surface area contributed by atoms with E-state index in [1.165, 1.54) is 29.9 Å². The minimum atomic E-state index is -1.63. The minimum Gasteiger partial charge on any atom is -0.480 e. The van der Waals surface area contributed by atoms with Gasteiger partial charge in [0.05, 0.1) is 13.1 Å². The zero-order valence-corrected chi connectivity index (χ0v) is 33.0. The number of nitrogens with zero attached hydrogens (tertiary/aromatic N) is 4. The van der Waals surface area contributed by atoms with E-state index < -0.39 is 47.0 Å². The third-order valence-electron chi connectivity index (χ3n) is 10.9. The Morgan fingerprint density at radius 3 is 1.65 bits per heavy atom. The number of fused-ring (bicyclic) bond motifs is 2. The molecular weight excluding hydrogens is 736 g/mol. The number of carboxylic acids is 2. The quantitative estimate of drug-likeness (QED) is 0.105. The van der Waals surface area contributed by atoms with Gasteiger partial charge in [0.25, 0.3) is 0 Å². The Morgan fingerprint density at radius 1 is 0.702 bits per heavy atom. The fraction of sp³-hybridized carbons (Fsp3) is 0.625. The van der Waals surface area contributed by atoms with Gasteiger partial charge in [0.15, 0.2) is 12.1 Å². The van der Waals surface area contributed by atoms with Gasteiger partial charge in [-0.05, 0) is 94.0 Å². The second-order valence-electron chi connectivity index (χ2n) is 15.8. The van der Waals surface area contributed by atoms with Crippen LogP contribution in [0.1, 0.15) is 87.7 Å². The molecule has 4 aliphatic rings. The summed E-state index contributed by atoms with van der Waals surface area (Å²) in [6, 6.07) is 5.77. The summed E-state index contributed by atoms with van der Waals surface area (Å²) in [7, 11) is 0. The van der Waals surface area contributed by atoms with Crippen molar-refractivity contribution >= 4 is 41.3 Å². The van der Waals surface area contributed by atoms with Gasteiger partial charge >= 0.3 is 11.9 Å². The highest BCUT2D eigenvalue weighted by atomic mass is 16.4. The number of aliphatic hydroxyl groups is 2. The average Bonchev–Trinajstić information content (AvgIpc) is 3.15. The number of β-amino-alcohol motifs (C(OH)–C–C–N with tert-alkyl or cyclic N) is 2. The van der Waals surface area contributed by atoms with Gasteiger partial charge < -0.3 is 46.6 Å². The number of nitrogens with one attached hydrogen (secondary N) is 4. The Bertz CT molecular complexity index is 1760. The molecule has 0 radical (unpaired) electrons. The highest BCUT2D eigenvalue weighted by Gasteiger charge is 2.53. The predicted octanol–water partition coefficient (Wildman–Crippen LogP) is 1.10. The van der Waals surface area contributed by atoms with Gasteiger partial charge in [-0.1, -0.05) is 18.6 Å². The highest BCUT2D eigenvalue weighted by molar-refractivity contribution is 5.85. The molecule has 2 unspecified atom stereocenters. The molecular formula is C40H58N8O9. The van der Waals surface area contributed by atoms with Gasteiger partial charge in [0.1, 0.15) is 22.8 Å². The van der Waals surface area contributed by atoms with E-state index in [2.05, 4.69) is 44.5 Å². The number of unbranched alkanes of at least 4 members (excludes halogenated alkanes) is 3. The molecule has 0 spiro atoms. The van der Waals surface area contributed by atoms with Crippen LogP contribution in [0.15, 0.2) is 24.3 Å². The standard InChI is InChI=1S/C20H28N4O5.C20H30N4O4/c1-13(25)22-17(19(27)28)20(29)11-24(12-20)16(26)7-3-2-6-15-9-8-14-5-4-10-21-18(14)23-15;1-14(25)22-17(19(26)27)20(28)12-24(13-20)11-4-2-3-7-16-9-8-15-6-5-10-21-18(15)23-16/h8-9,17,29H,2-7,10-12H2,1H3,(H,21,23)(H,22,25)(H,27,28);8-9,17,28H,2-7,10-13H2,1H3,(H,21,23)(H,22,25)(H,26,27). The molecule has 4 aliphatic heterocycles. The number of aryl methyl sites for hydroxylation is 4. The second-order valence-corrected chi connectivity index (χ2v) is 15.8. The average molecular weight is 795 g/mol. The maximum atomic E-state index is 12.3. The number of hydrogen-bond donors (Lipinski definition) is 8. The lowest BCUT2D eigenvalue weighted by Crippen LogP contribution is -2.73. The minimum absolute atomic E-state index is 0.0961. The summed E-state index contributed by atoms with van der Waals surface area (Å²) in [5, 5.41) is 50.6. The van der Waals surface area contributed by atoms with E-state index in [0.29, 0.717) is 12.8 Å². The van der Waals surface area contributed by atoms with Crippen molar-refractivity contribution in [2.45, 2.75) is 114 Å². The van der Waals surface area contributed by atoms with Crippen LogP contribution < -0.4 is 21.3 Å². The molecule has 0 saturated carbocycles. The van der Waals surface area contributed by atoms with Gasteiger partial charge in [0.2, 0.25) is 17.7 Å². The molecule has 57 heavy (non-hydrogen) atoms. The number of carbonyl (C=O) groups excluding carboxylic acids is 3. The Morgan fingerprint density at radius 2 is 1.18 bits per heavy atom. The summed E-state index contributed by atoms with van der Waals surface area (Å²) in [5.74, 6) is -1.63. The van der Waals surface area contributed by atoms with Gasteiger partial charge in [0, 0.05) is 57.8 Å². The molecule has 17 heteroatoms. The molecule has 3 amide bonds. The van der Waals surface area contributed by atoms with Gasteiger partial charge in [-0.2, -0.15) is 0 Å². The molecule has 17 nitrogen and oxygen atoms in total. The summed E-state index contributed by atoms with van der Waals surface area (Å²) < 4.78 is 0. The van der Waals surface area contributed by atoms with Crippen molar-refractivity contribution in [3.8, 4) is 0 Å². The van der Waals surface area contributed by atoms with Crippen LogP contribution in [-0.2, 0) is 49.7 Å². The third kappa shape index (κ3) is 11.8. The van der Waals surface area contributed by atoms with Gasteiger partial charge in [-0.15, -0.1) is 0 Å². The number of amides is 3. The summed E-state index contributed by atoms with van der Waals surface area (Å²) in [6.45, 7) is 5.54. The molecule has 2 saturated heterocycles. The van der Waals surface area contributed by atoms with Crippen molar-refractivity contribution in [3.63, 3.8) is 0 Å². The predicted molar refractivity (Wildman–Crippen MR) is 211 cm³/mol. The smallest absolute Gasteiger partial charge is 0.329 e. The summed E-state index contributed by atoms with van der Waals surface area (Å²) in [6.07, 6.45) is 11.1. The summed E-state index contributed by atoms with van der Waals surface area (Å²) in [5.41, 5.74) is 1.65. The fourth-order valence-electron chi connectivity index (χ4n) is 7.88. The van der Waals surface area contributed by atoms with Crippen molar-refractivity contribution in [2.75, 3.05) is 56.4 Å². The maximum Gasteiger partial charge on any atom is 0.329 e. The van der Waals surface area contributed by atoms with Crippen LogP contribution in [0.5, 0.6) is 0 Å². The topological polar surface area (TPSA) is 247 Å². The van der Waals surface area contributed by atoms with E-state index in [9.17, 15) is 44.4 Å². The molecule has 0 aromatic carbocycles. The molecule has 0 bridgehead atoms. The van der Waals surface area contributed by atoms with E-state index >= 15 is 0 Å². The first-order valence-electron chi connectivity index (χ1n) is 20.1. The molecule has 312 valence electrons. The molecule has 2 aromatic heterocycles. The molecule has 2 aromatic rings. The number of aliphatic carboxylic acids is 2. The van der Waals surface area contributed by atoms with Crippen LogP contribution in [0.2, 0.25) is 0 Å². The highest BCUT2D eigenvalue weighted by Crippen LogP contribution is 2.28.